The van der Waals surface area contributed by atoms with Crippen molar-refractivity contribution >= 4 is 28.1 Å². The number of nitrogens with one attached hydrogen (secondary N) is 2. The van der Waals surface area contributed by atoms with E-state index in [4.69, 9.17) is 0 Å². The van der Waals surface area contributed by atoms with Gasteiger partial charge in [-0.05, 0) is 40.4 Å². The molecule has 2 aromatic heterocycles. The lowest BCUT2D eigenvalue weighted by molar-refractivity contribution is -0.121. The van der Waals surface area contributed by atoms with Crippen LogP contribution in [0, 0.1) is 0 Å². The van der Waals surface area contributed by atoms with Crippen molar-refractivity contribution in [3.8, 4) is 0 Å². The van der Waals surface area contributed by atoms with E-state index >= 15 is 0 Å². The summed E-state index contributed by atoms with van der Waals surface area (Å²) < 4.78 is 0. The predicted molar refractivity (Wildman–Crippen MR) is 92.4 cm³/mol. The summed E-state index contributed by atoms with van der Waals surface area (Å²) in [6.45, 7) is 2.80. The van der Waals surface area contributed by atoms with Gasteiger partial charge >= 0.3 is 0 Å². The van der Waals surface area contributed by atoms with Gasteiger partial charge in [0.1, 0.15) is 0 Å². The second-order valence-electron chi connectivity index (χ2n) is 5.45. The van der Waals surface area contributed by atoms with Crippen LogP contribution in [-0.2, 0) is 4.79 Å². The van der Waals surface area contributed by atoms with E-state index in [-0.39, 0.29) is 11.8 Å². The normalized spacial score (nSPS) is 12.4. The number of fused-ring (bicyclic) bond motifs is 1. The first kappa shape index (κ1) is 14.9. The van der Waals surface area contributed by atoms with Crippen LogP contribution in [-0.4, -0.2) is 17.4 Å². The van der Waals surface area contributed by atoms with Gasteiger partial charge in [0.05, 0.1) is 0 Å². The van der Waals surface area contributed by atoms with Crippen molar-refractivity contribution in [1.82, 2.24) is 10.3 Å². The van der Waals surface area contributed by atoms with Gasteiger partial charge in [-0.25, -0.2) is 0 Å². The molecule has 0 aliphatic heterocycles. The Morgan fingerprint density at radius 3 is 2.95 bits per heavy atom. The zero-order chi connectivity index (χ0) is 15.4. The average Bonchev–Trinajstić information content (AvgIpc) is 3.20. The van der Waals surface area contributed by atoms with Crippen molar-refractivity contribution in [3.05, 3.63) is 58.4 Å². The van der Waals surface area contributed by atoms with Gasteiger partial charge in [-0.15, -0.1) is 0 Å². The molecule has 3 rings (SSSR count). The fourth-order valence-electron chi connectivity index (χ4n) is 2.78. The zero-order valence-corrected chi connectivity index (χ0v) is 13.5. The lowest BCUT2D eigenvalue weighted by Gasteiger charge is -2.15. The zero-order valence-electron chi connectivity index (χ0n) is 12.6. The highest BCUT2D eigenvalue weighted by Gasteiger charge is 2.21. The summed E-state index contributed by atoms with van der Waals surface area (Å²) >= 11 is 1.67. The Balaban J connectivity index is 1.93. The van der Waals surface area contributed by atoms with Gasteiger partial charge in [0.15, 0.2) is 0 Å². The molecule has 0 aliphatic carbocycles. The third kappa shape index (κ3) is 3.07. The highest BCUT2D eigenvalue weighted by molar-refractivity contribution is 7.08. The second-order valence-corrected chi connectivity index (χ2v) is 6.23. The maximum absolute atomic E-state index is 12.2. The SMILES string of the molecule is CCCNC(=O)CC(c1ccsc1)c1c[nH]c2ccccc12. The molecule has 0 saturated carbocycles. The lowest BCUT2D eigenvalue weighted by Crippen LogP contribution is -2.25. The molecule has 0 aliphatic rings. The minimum absolute atomic E-state index is 0.0965. The van der Waals surface area contributed by atoms with Crippen LogP contribution >= 0.6 is 11.3 Å². The van der Waals surface area contributed by atoms with Gasteiger partial charge in [-0.1, -0.05) is 25.1 Å². The number of thiophene rings is 1. The van der Waals surface area contributed by atoms with Crippen LogP contribution in [0.25, 0.3) is 10.9 Å². The summed E-state index contributed by atoms with van der Waals surface area (Å²) in [5.41, 5.74) is 3.52. The van der Waals surface area contributed by atoms with Gasteiger partial charge in [-0.2, -0.15) is 11.3 Å². The summed E-state index contributed by atoms with van der Waals surface area (Å²) in [6, 6.07) is 10.4. The first-order valence-corrected chi connectivity index (χ1v) is 8.58. The van der Waals surface area contributed by atoms with Crippen LogP contribution in [0.15, 0.2) is 47.3 Å². The third-order valence-corrected chi connectivity index (χ3v) is 4.61. The van der Waals surface area contributed by atoms with Crippen LogP contribution in [0.3, 0.4) is 0 Å². The highest BCUT2D eigenvalue weighted by atomic mass is 32.1. The summed E-state index contributed by atoms with van der Waals surface area (Å²) in [5, 5.41) is 8.39. The molecule has 0 bridgehead atoms. The van der Waals surface area contributed by atoms with Crippen LogP contribution in [0.2, 0.25) is 0 Å². The molecule has 3 nitrogen and oxygen atoms in total. The summed E-state index contributed by atoms with van der Waals surface area (Å²) in [7, 11) is 0. The molecule has 22 heavy (non-hydrogen) atoms. The molecule has 2 N–H and O–H groups in total. The van der Waals surface area contributed by atoms with E-state index in [9.17, 15) is 4.79 Å². The van der Waals surface area contributed by atoms with Gasteiger partial charge in [0, 0.05) is 36.0 Å². The Bertz CT molecular complexity index is 745. The van der Waals surface area contributed by atoms with Gasteiger partial charge < -0.3 is 10.3 Å². The molecule has 2 heterocycles. The van der Waals surface area contributed by atoms with Gasteiger partial charge in [0.25, 0.3) is 0 Å². The number of H-pyrrole nitrogens is 1. The van der Waals surface area contributed by atoms with Crippen LogP contribution in [0.1, 0.15) is 36.8 Å². The minimum Gasteiger partial charge on any atom is -0.361 e. The number of aromatic nitrogens is 1. The number of hydrogen-bond donors (Lipinski definition) is 2. The van der Waals surface area contributed by atoms with Gasteiger partial charge in [0.2, 0.25) is 5.91 Å². The van der Waals surface area contributed by atoms with Crippen molar-refractivity contribution in [2.24, 2.45) is 0 Å². The number of para-hydroxylation sites is 1. The molecule has 1 atom stereocenters. The van der Waals surface area contributed by atoms with E-state index in [1.54, 1.807) is 11.3 Å². The molecule has 1 aromatic carbocycles. The Hall–Kier alpha value is -2.07. The molecule has 0 fully saturated rings. The predicted octanol–water partition coefficient (Wildman–Crippen LogP) is 4.28. The smallest absolute Gasteiger partial charge is 0.220 e. The van der Waals surface area contributed by atoms with E-state index in [1.807, 2.05) is 18.3 Å². The van der Waals surface area contributed by atoms with Crippen molar-refractivity contribution < 1.29 is 4.79 Å². The highest BCUT2D eigenvalue weighted by Crippen LogP contribution is 2.34. The fraction of sp³-hybridized carbons (Fsp3) is 0.278. The molecule has 1 amide bonds. The van der Waals surface area contributed by atoms with E-state index in [0.29, 0.717) is 6.42 Å². The number of hydrogen-bond acceptors (Lipinski definition) is 2. The number of carbonyl (C=O) groups excluding carboxylic acids is 1. The average molecular weight is 312 g/mol. The van der Waals surface area contributed by atoms with Crippen molar-refractivity contribution in [2.45, 2.75) is 25.7 Å². The molecule has 0 radical (unpaired) electrons. The Kier molecular flexibility index (Phi) is 4.59. The molecule has 3 aromatic rings. The molecule has 0 saturated heterocycles. The second kappa shape index (κ2) is 6.79. The molecular weight excluding hydrogens is 292 g/mol. The number of amides is 1. The Morgan fingerprint density at radius 1 is 1.32 bits per heavy atom. The largest absolute Gasteiger partial charge is 0.361 e. The van der Waals surface area contributed by atoms with E-state index in [2.05, 4.69) is 46.2 Å². The van der Waals surface area contributed by atoms with Crippen LogP contribution in [0.5, 0.6) is 0 Å². The summed E-state index contributed by atoms with van der Waals surface area (Å²) in [5.74, 6) is 0.211. The first-order valence-electron chi connectivity index (χ1n) is 7.64. The maximum atomic E-state index is 12.2. The number of rotatable bonds is 6. The number of aromatic amines is 1. The maximum Gasteiger partial charge on any atom is 0.220 e. The Morgan fingerprint density at radius 2 is 2.18 bits per heavy atom. The quantitative estimate of drug-likeness (QED) is 0.701. The molecular formula is C18H20N2OS. The molecule has 114 valence electrons. The number of carbonyl (C=O) groups is 1. The van der Waals surface area contributed by atoms with Crippen molar-refractivity contribution in [1.29, 1.82) is 0 Å². The third-order valence-electron chi connectivity index (χ3n) is 3.90. The topological polar surface area (TPSA) is 44.9 Å². The van der Waals surface area contributed by atoms with E-state index in [0.717, 1.165) is 18.5 Å². The molecule has 0 spiro atoms. The standard InChI is InChI=1S/C18H20N2OS/c1-2-8-19-18(21)10-15(13-7-9-22-12-13)16-11-20-17-6-4-3-5-14(16)17/h3-7,9,11-12,15,20H,2,8,10H2,1H3,(H,19,21). The Labute approximate surface area is 134 Å². The molecule has 1 unspecified atom stereocenters. The lowest BCUT2D eigenvalue weighted by atomic mass is 9.89. The summed E-state index contributed by atoms with van der Waals surface area (Å²) in [6.07, 6.45) is 3.49. The van der Waals surface area contributed by atoms with E-state index in [1.165, 1.54) is 16.5 Å². The minimum atomic E-state index is 0.0965. The molecule has 4 heteroatoms. The number of benzene rings is 1. The van der Waals surface area contributed by atoms with Crippen molar-refractivity contribution in [3.63, 3.8) is 0 Å². The van der Waals surface area contributed by atoms with Crippen LogP contribution in [0.4, 0.5) is 0 Å². The van der Waals surface area contributed by atoms with E-state index < -0.39 is 0 Å². The van der Waals surface area contributed by atoms with Crippen LogP contribution < -0.4 is 5.32 Å². The van der Waals surface area contributed by atoms with Crippen molar-refractivity contribution in [2.75, 3.05) is 6.54 Å². The monoisotopic (exact) mass is 312 g/mol. The summed E-state index contributed by atoms with van der Waals surface area (Å²) in [4.78, 5) is 15.5. The van der Waals surface area contributed by atoms with Gasteiger partial charge in [-0.3, -0.25) is 4.79 Å². The fourth-order valence-corrected chi connectivity index (χ4v) is 3.50. The first-order chi connectivity index (χ1) is 10.8.